The van der Waals surface area contributed by atoms with Crippen molar-refractivity contribution in [1.82, 2.24) is 15.5 Å². The van der Waals surface area contributed by atoms with Gasteiger partial charge in [0.15, 0.2) is 0 Å². The first-order valence-electron chi connectivity index (χ1n) is 8.86. The van der Waals surface area contributed by atoms with Crippen molar-refractivity contribution in [3.8, 4) is 0 Å². The Bertz CT molecular complexity index is 622. The lowest BCUT2D eigenvalue weighted by Gasteiger charge is -2.30. The third-order valence-corrected chi connectivity index (χ3v) is 4.91. The highest BCUT2D eigenvalue weighted by molar-refractivity contribution is 5.89. The molecule has 0 aliphatic carbocycles. The van der Waals surface area contributed by atoms with E-state index in [0.29, 0.717) is 24.8 Å². The zero-order valence-corrected chi connectivity index (χ0v) is 14.4. The van der Waals surface area contributed by atoms with Crippen LogP contribution in [0.1, 0.15) is 26.2 Å². The highest BCUT2D eigenvalue weighted by atomic mass is 19.1. The fraction of sp³-hybridized carbons (Fsp3) is 0.556. The number of rotatable bonds is 3. The summed E-state index contributed by atoms with van der Waals surface area (Å²) >= 11 is 0. The maximum atomic E-state index is 12.9. The Morgan fingerprint density at radius 1 is 1.24 bits per heavy atom. The minimum atomic E-state index is -0.344. The van der Waals surface area contributed by atoms with Gasteiger partial charge in [-0.25, -0.2) is 9.18 Å². The number of anilines is 1. The Labute approximate surface area is 147 Å². The van der Waals surface area contributed by atoms with Crippen LogP contribution in [0.25, 0.3) is 0 Å². The fourth-order valence-electron chi connectivity index (χ4n) is 3.58. The van der Waals surface area contributed by atoms with Crippen LogP contribution >= 0.6 is 0 Å². The Morgan fingerprint density at radius 3 is 2.72 bits per heavy atom. The molecule has 0 spiro atoms. The molecular weight excluding hydrogens is 323 g/mol. The van der Waals surface area contributed by atoms with Crippen LogP contribution in [-0.4, -0.2) is 48.6 Å². The molecule has 1 aromatic carbocycles. The number of urea groups is 1. The molecule has 0 radical (unpaired) electrons. The third kappa shape index (κ3) is 4.69. The summed E-state index contributed by atoms with van der Waals surface area (Å²) in [6, 6.07) is 5.61. The molecule has 2 saturated heterocycles. The smallest absolute Gasteiger partial charge is 0.319 e. The third-order valence-electron chi connectivity index (χ3n) is 4.91. The van der Waals surface area contributed by atoms with Gasteiger partial charge in [-0.1, -0.05) is 0 Å². The van der Waals surface area contributed by atoms with E-state index in [4.69, 9.17) is 0 Å². The second-order valence-corrected chi connectivity index (χ2v) is 6.95. The molecule has 0 bridgehead atoms. The van der Waals surface area contributed by atoms with Gasteiger partial charge >= 0.3 is 6.03 Å². The van der Waals surface area contributed by atoms with Crippen LogP contribution in [0, 0.1) is 11.7 Å². The molecule has 0 aromatic heterocycles. The van der Waals surface area contributed by atoms with Crippen molar-refractivity contribution in [2.75, 3.05) is 25.0 Å². The number of halogens is 1. The van der Waals surface area contributed by atoms with E-state index in [2.05, 4.69) is 22.9 Å². The van der Waals surface area contributed by atoms with Crippen LogP contribution in [0.3, 0.4) is 0 Å². The standard InChI is InChI=1S/C18H25FN4O2/c1-12-10-13(6-8-20-12)17(24)23-9-7-16(11-23)22-18(25)21-15-4-2-14(19)3-5-15/h2-5,12-13,16,20H,6-11H2,1H3,(H2,21,22,25)/t12-,13-,16?/m0/s1. The number of piperidine rings is 1. The summed E-state index contributed by atoms with van der Waals surface area (Å²) in [6.45, 7) is 4.22. The molecule has 2 aliphatic heterocycles. The van der Waals surface area contributed by atoms with E-state index >= 15 is 0 Å². The average Bonchev–Trinajstić information content (AvgIpc) is 3.04. The second-order valence-electron chi connectivity index (χ2n) is 6.95. The van der Waals surface area contributed by atoms with Gasteiger partial charge in [-0.15, -0.1) is 0 Å². The van der Waals surface area contributed by atoms with Crippen LogP contribution in [-0.2, 0) is 4.79 Å². The van der Waals surface area contributed by atoms with Gasteiger partial charge in [0.25, 0.3) is 0 Å². The highest BCUT2D eigenvalue weighted by Gasteiger charge is 2.33. The zero-order chi connectivity index (χ0) is 17.8. The molecule has 7 heteroatoms. The van der Waals surface area contributed by atoms with Gasteiger partial charge in [0.2, 0.25) is 5.91 Å². The number of amides is 3. The largest absolute Gasteiger partial charge is 0.340 e. The Balaban J connectivity index is 1.46. The summed E-state index contributed by atoms with van der Waals surface area (Å²) in [5.41, 5.74) is 0.536. The number of likely N-dealkylation sites (tertiary alicyclic amines) is 1. The molecule has 2 fully saturated rings. The molecule has 6 nitrogen and oxygen atoms in total. The highest BCUT2D eigenvalue weighted by Crippen LogP contribution is 2.21. The van der Waals surface area contributed by atoms with Gasteiger partial charge < -0.3 is 20.9 Å². The SMILES string of the molecule is C[C@H]1C[C@@H](C(=O)N2CCC(NC(=O)Nc3ccc(F)cc3)C2)CCN1. The van der Waals surface area contributed by atoms with Gasteiger partial charge in [0, 0.05) is 36.8 Å². The minimum absolute atomic E-state index is 0.0523. The fourth-order valence-corrected chi connectivity index (χ4v) is 3.58. The molecule has 3 amide bonds. The molecule has 136 valence electrons. The van der Waals surface area contributed by atoms with Crippen molar-refractivity contribution < 1.29 is 14.0 Å². The lowest BCUT2D eigenvalue weighted by Crippen LogP contribution is -2.45. The molecular formula is C18H25FN4O2. The van der Waals surface area contributed by atoms with Crippen LogP contribution in [0.2, 0.25) is 0 Å². The summed E-state index contributed by atoms with van der Waals surface area (Å²) in [7, 11) is 0. The monoisotopic (exact) mass is 348 g/mol. The molecule has 3 N–H and O–H groups in total. The number of benzene rings is 1. The number of nitrogens with zero attached hydrogens (tertiary/aromatic N) is 1. The van der Waals surface area contributed by atoms with Gasteiger partial charge in [0.1, 0.15) is 5.82 Å². The predicted octanol–water partition coefficient (Wildman–Crippen LogP) is 1.94. The molecule has 0 saturated carbocycles. The van der Waals surface area contributed by atoms with Crippen LogP contribution in [0.5, 0.6) is 0 Å². The van der Waals surface area contributed by atoms with E-state index < -0.39 is 0 Å². The van der Waals surface area contributed by atoms with Crippen molar-refractivity contribution in [1.29, 1.82) is 0 Å². The van der Waals surface area contributed by atoms with Crippen molar-refractivity contribution in [3.63, 3.8) is 0 Å². The molecule has 3 atom stereocenters. The summed E-state index contributed by atoms with van der Waals surface area (Å²) in [5.74, 6) is -0.0530. The van der Waals surface area contributed by atoms with Crippen LogP contribution in [0.15, 0.2) is 24.3 Å². The molecule has 3 rings (SSSR count). The van der Waals surface area contributed by atoms with Crippen molar-refractivity contribution >= 4 is 17.6 Å². The van der Waals surface area contributed by atoms with Crippen LogP contribution < -0.4 is 16.0 Å². The second kappa shape index (κ2) is 7.82. The molecule has 25 heavy (non-hydrogen) atoms. The van der Waals surface area contributed by atoms with E-state index in [1.807, 2.05) is 4.90 Å². The van der Waals surface area contributed by atoms with Crippen LogP contribution in [0.4, 0.5) is 14.9 Å². The van der Waals surface area contributed by atoms with Crippen molar-refractivity contribution in [2.45, 2.75) is 38.3 Å². The van der Waals surface area contributed by atoms with Gasteiger partial charge in [-0.2, -0.15) is 0 Å². The van der Waals surface area contributed by atoms with Gasteiger partial charge in [-0.3, -0.25) is 4.79 Å². The van der Waals surface area contributed by atoms with E-state index in [-0.39, 0.29) is 29.7 Å². The lowest BCUT2D eigenvalue weighted by atomic mass is 9.92. The van der Waals surface area contributed by atoms with E-state index in [1.165, 1.54) is 24.3 Å². The van der Waals surface area contributed by atoms with Crippen molar-refractivity contribution in [2.24, 2.45) is 5.92 Å². The predicted molar refractivity (Wildman–Crippen MR) is 93.7 cm³/mol. The number of carbonyl (C=O) groups excluding carboxylic acids is 2. The Hall–Kier alpha value is -2.15. The minimum Gasteiger partial charge on any atom is -0.340 e. The number of nitrogens with one attached hydrogen (secondary N) is 3. The van der Waals surface area contributed by atoms with Gasteiger partial charge in [0.05, 0.1) is 0 Å². The van der Waals surface area contributed by atoms with Crippen molar-refractivity contribution in [3.05, 3.63) is 30.1 Å². The molecule has 2 aliphatic rings. The first-order chi connectivity index (χ1) is 12.0. The number of hydrogen-bond acceptors (Lipinski definition) is 3. The zero-order valence-electron chi connectivity index (χ0n) is 14.4. The number of hydrogen-bond donors (Lipinski definition) is 3. The maximum Gasteiger partial charge on any atom is 0.319 e. The molecule has 1 aromatic rings. The topological polar surface area (TPSA) is 73.5 Å². The summed E-state index contributed by atoms with van der Waals surface area (Å²) < 4.78 is 12.9. The first-order valence-corrected chi connectivity index (χ1v) is 8.86. The summed E-state index contributed by atoms with van der Waals surface area (Å²) in [6.07, 6.45) is 2.50. The van der Waals surface area contributed by atoms with E-state index in [1.54, 1.807) is 0 Å². The van der Waals surface area contributed by atoms with E-state index in [0.717, 1.165) is 25.8 Å². The molecule has 2 heterocycles. The van der Waals surface area contributed by atoms with E-state index in [9.17, 15) is 14.0 Å². The average molecular weight is 348 g/mol. The quantitative estimate of drug-likeness (QED) is 0.782. The first kappa shape index (κ1) is 17.7. The Kier molecular flexibility index (Phi) is 5.53. The summed E-state index contributed by atoms with van der Waals surface area (Å²) in [4.78, 5) is 26.5. The molecule has 1 unspecified atom stereocenters. The Morgan fingerprint density at radius 2 is 2.00 bits per heavy atom. The maximum absolute atomic E-state index is 12.9. The lowest BCUT2D eigenvalue weighted by molar-refractivity contribution is -0.135. The summed E-state index contributed by atoms with van der Waals surface area (Å²) in [5, 5.41) is 8.93. The van der Waals surface area contributed by atoms with Gasteiger partial charge in [-0.05, 0) is 57.0 Å². The number of carbonyl (C=O) groups is 2. The normalized spacial score (nSPS) is 26.3.